The molecule has 1 aliphatic rings. The molecule has 0 aromatic carbocycles. The number of thiocarbonyl (C=S) groups is 1. The molecule has 0 radical (unpaired) electrons. The van der Waals surface area contributed by atoms with Gasteiger partial charge in [-0.05, 0) is 31.9 Å². The predicted molar refractivity (Wildman–Crippen MR) is 82.2 cm³/mol. The zero-order chi connectivity index (χ0) is 13.4. The third kappa shape index (κ3) is 2.90. The van der Waals surface area contributed by atoms with Crippen molar-refractivity contribution in [2.75, 3.05) is 5.32 Å². The van der Waals surface area contributed by atoms with Gasteiger partial charge in [-0.25, -0.2) is 9.97 Å². The third-order valence-corrected chi connectivity index (χ3v) is 4.00. The summed E-state index contributed by atoms with van der Waals surface area (Å²) in [6.07, 6.45) is 2.52. The van der Waals surface area contributed by atoms with Crippen LogP contribution < -0.4 is 11.1 Å². The lowest BCUT2D eigenvalue weighted by molar-refractivity contribution is 1.05. The van der Waals surface area contributed by atoms with Crippen LogP contribution in [-0.4, -0.2) is 15.0 Å². The Balaban J connectivity index is 1.83. The Hall–Kier alpha value is -1.53. The number of aromatic nitrogens is 2. The molecule has 1 aliphatic carbocycles. The molecule has 1 fully saturated rings. The van der Waals surface area contributed by atoms with Gasteiger partial charge in [0.25, 0.3) is 0 Å². The van der Waals surface area contributed by atoms with Crippen LogP contribution in [0.15, 0.2) is 17.5 Å². The van der Waals surface area contributed by atoms with Crippen molar-refractivity contribution >= 4 is 39.5 Å². The molecule has 19 heavy (non-hydrogen) atoms. The van der Waals surface area contributed by atoms with Crippen LogP contribution in [0.2, 0.25) is 0 Å². The van der Waals surface area contributed by atoms with Crippen molar-refractivity contribution in [2.45, 2.75) is 25.7 Å². The molecule has 0 atom stereocenters. The molecule has 2 heterocycles. The number of nitrogens with two attached hydrogens (primary N) is 1. The van der Waals surface area contributed by atoms with E-state index in [1.165, 1.54) is 18.5 Å². The van der Waals surface area contributed by atoms with E-state index in [0.717, 1.165) is 22.2 Å². The average molecular weight is 290 g/mol. The molecule has 2 aromatic heterocycles. The van der Waals surface area contributed by atoms with Crippen LogP contribution in [0.5, 0.6) is 0 Å². The second kappa shape index (κ2) is 4.86. The lowest BCUT2D eigenvalue weighted by Gasteiger charge is -2.06. The fraction of sp³-hybridized carbons (Fsp3) is 0.308. The largest absolute Gasteiger partial charge is 0.389 e. The van der Waals surface area contributed by atoms with E-state index in [2.05, 4.69) is 20.7 Å². The third-order valence-electron chi connectivity index (χ3n) is 2.99. The molecule has 0 unspecified atom stereocenters. The lowest BCUT2D eigenvalue weighted by atomic mass is 10.2. The van der Waals surface area contributed by atoms with E-state index >= 15 is 0 Å². The molecule has 3 N–H and O–H groups in total. The SMILES string of the molecule is Cc1cc(C(N)=S)cc(Nc2nc(C3CC3)cs2)n1. The normalized spacial score (nSPS) is 14.4. The molecule has 1 saturated carbocycles. The van der Waals surface area contributed by atoms with Gasteiger partial charge in [-0.1, -0.05) is 12.2 Å². The highest BCUT2D eigenvalue weighted by Crippen LogP contribution is 2.41. The van der Waals surface area contributed by atoms with Crippen molar-refractivity contribution in [3.63, 3.8) is 0 Å². The number of pyridine rings is 1. The predicted octanol–water partition coefficient (Wildman–Crippen LogP) is 3.10. The quantitative estimate of drug-likeness (QED) is 0.847. The van der Waals surface area contributed by atoms with Crippen molar-refractivity contribution < 1.29 is 0 Å². The van der Waals surface area contributed by atoms with E-state index in [4.69, 9.17) is 18.0 Å². The van der Waals surface area contributed by atoms with Crippen LogP contribution in [0, 0.1) is 6.92 Å². The molecule has 0 aliphatic heterocycles. The molecule has 0 amide bonds. The Morgan fingerprint density at radius 3 is 2.89 bits per heavy atom. The van der Waals surface area contributed by atoms with Gasteiger partial charge in [0, 0.05) is 22.6 Å². The van der Waals surface area contributed by atoms with Crippen molar-refractivity contribution in [1.29, 1.82) is 0 Å². The van der Waals surface area contributed by atoms with Gasteiger partial charge in [-0.2, -0.15) is 0 Å². The molecule has 98 valence electrons. The fourth-order valence-electron chi connectivity index (χ4n) is 1.89. The highest BCUT2D eigenvalue weighted by molar-refractivity contribution is 7.80. The first-order valence-corrected chi connectivity index (χ1v) is 7.41. The van der Waals surface area contributed by atoms with E-state index < -0.39 is 0 Å². The van der Waals surface area contributed by atoms with Gasteiger partial charge in [-0.15, -0.1) is 11.3 Å². The maximum absolute atomic E-state index is 5.66. The molecule has 3 rings (SSSR count). The van der Waals surface area contributed by atoms with Crippen LogP contribution in [0.4, 0.5) is 10.9 Å². The molecule has 6 heteroatoms. The summed E-state index contributed by atoms with van der Waals surface area (Å²) in [5.41, 5.74) is 8.55. The molecule has 0 spiro atoms. The Morgan fingerprint density at radius 1 is 1.42 bits per heavy atom. The van der Waals surface area contributed by atoms with Crippen LogP contribution in [0.1, 0.15) is 35.7 Å². The Kier molecular flexibility index (Phi) is 3.20. The van der Waals surface area contributed by atoms with Crippen molar-refractivity contribution in [2.24, 2.45) is 5.73 Å². The highest BCUT2D eigenvalue weighted by Gasteiger charge is 2.26. The van der Waals surface area contributed by atoms with E-state index in [1.54, 1.807) is 11.3 Å². The van der Waals surface area contributed by atoms with Gasteiger partial charge in [0.15, 0.2) is 5.13 Å². The molecule has 4 nitrogen and oxygen atoms in total. The molecule has 0 saturated heterocycles. The number of rotatable bonds is 4. The van der Waals surface area contributed by atoms with Gasteiger partial charge < -0.3 is 11.1 Å². The second-order valence-corrected chi connectivity index (χ2v) is 6.02. The van der Waals surface area contributed by atoms with Gasteiger partial charge in [0.1, 0.15) is 10.8 Å². The second-order valence-electron chi connectivity index (χ2n) is 4.72. The monoisotopic (exact) mass is 290 g/mol. The first-order chi connectivity index (χ1) is 9.11. The summed E-state index contributed by atoms with van der Waals surface area (Å²) in [5, 5.41) is 6.21. The summed E-state index contributed by atoms with van der Waals surface area (Å²) >= 11 is 6.61. The van der Waals surface area contributed by atoms with E-state index in [9.17, 15) is 0 Å². The number of thiazole rings is 1. The summed E-state index contributed by atoms with van der Waals surface area (Å²) in [6, 6.07) is 3.73. The van der Waals surface area contributed by atoms with Gasteiger partial charge in [-0.3, -0.25) is 0 Å². The minimum absolute atomic E-state index is 0.381. The fourth-order valence-corrected chi connectivity index (χ4v) is 2.81. The molecule has 0 bridgehead atoms. The Morgan fingerprint density at radius 2 is 2.21 bits per heavy atom. The first-order valence-electron chi connectivity index (χ1n) is 6.13. The topological polar surface area (TPSA) is 63.8 Å². The first kappa shape index (κ1) is 12.5. The summed E-state index contributed by atoms with van der Waals surface area (Å²) in [6.45, 7) is 1.92. The van der Waals surface area contributed by atoms with Crippen LogP contribution in [0.25, 0.3) is 0 Å². The van der Waals surface area contributed by atoms with Gasteiger partial charge >= 0.3 is 0 Å². The van der Waals surface area contributed by atoms with Crippen molar-refractivity contribution in [1.82, 2.24) is 9.97 Å². The minimum Gasteiger partial charge on any atom is -0.389 e. The maximum atomic E-state index is 5.66. The van der Waals surface area contributed by atoms with Crippen LogP contribution in [0.3, 0.4) is 0 Å². The smallest absolute Gasteiger partial charge is 0.188 e. The Labute approximate surface area is 121 Å². The number of nitrogens with one attached hydrogen (secondary N) is 1. The van der Waals surface area contributed by atoms with Crippen molar-refractivity contribution in [3.05, 3.63) is 34.5 Å². The molecular formula is C13H14N4S2. The summed E-state index contributed by atoms with van der Waals surface area (Å²) in [4.78, 5) is 9.38. The van der Waals surface area contributed by atoms with E-state index in [1.807, 2.05) is 19.1 Å². The van der Waals surface area contributed by atoms with Crippen LogP contribution in [-0.2, 0) is 0 Å². The number of nitrogens with zero attached hydrogens (tertiary/aromatic N) is 2. The standard InChI is InChI=1S/C13H14N4S2/c1-7-4-9(12(14)18)5-11(15-7)17-13-16-10(6-19-13)8-2-3-8/h4-6,8H,2-3H2,1H3,(H2,14,18)(H,15,16,17). The minimum atomic E-state index is 0.381. The van der Waals surface area contributed by atoms with Crippen molar-refractivity contribution in [3.8, 4) is 0 Å². The zero-order valence-corrected chi connectivity index (χ0v) is 12.1. The molecule has 2 aromatic rings. The summed E-state index contributed by atoms with van der Waals surface area (Å²) in [5.74, 6) is 1.41. The highest BCUT2D eigenvalue weighted by atomic mass is 32.1. The number of aryl methyl sites for hydroxylation is 1. The van der Waals surface area contributed by atoms with E-state index in [0.29, 0.717) is 10.9 Å². The Bertz CT molecular complexity index is 631. The van der Waals surface area contributed by atoms with Gasteiger partial charge in [0.2, 0.25) is 0 Å². The number of hydrogen-bond donors (Lipinski definition) is 2. The number of anilines is 2. The summed E-state index contributed by atoms with van der Waals surface area (Å²) < 4.78 is 0. The van der Waals surface area contributed by atoms with Gasteiger partial charge in [0.05, 0.1) is 5.69 Å². The van der Waals surface area contributed by atoms with E-state index in [-0.39, 0.29) is 0 Å². The summed E-state index contributed by atoms with van der Waals surface area (Å²) in [7, 11) is 0. The zero-order valence-electron chi connectivity index (χ0n) is 10.5. The number of hydrogen-bond acceptors (Lipinski definition) is 5. The van der Waals surface area contributed by atoms with Crippen LogP contribution >= 0.6 is 23.6 Å². The average Bonchev–Trinajstić information content (AvgIpc) is 3.10. The molecular weight excluding hydrogens is 276 g/mol. The lowest BCUT2D eigenvalue weighted by Crippen LogP contribution is -2.10. The maximum Gasteiger partial charge on any atom is 0.188 e.